The fraction of sp³-hybridized carbons (Fsp3) is 0.857. The van der Waals surface area contributed by atoms with Gasteiger partial charge in [0.1, 0.15) is 5.78 Å². The van der Waals surface area contributed by atoms with Crippen LogP contribution >= 0.6 is 0 Å². The molecule has 3 nitrogen and oxygen atoms in total. The van der Waals surface area contributed by atoms with Crippen molar-refractivity contribution >= 4 is 5.78 Å². The van der Waals surface area contributed by atoms with Crippen LogP contribution in [0.4, 0.5) is 0 Å². The van der Waals surface area contributed by atoms with Gasteiger partial charge in [0.15, 0.2) is 0 Å². The fourth-order valence-corrected chi connectivity index (χ4v) is 1.59. The van der Waals surface area contributed by atoms with Crippen LogP contribution < -0.4 is 5.73 Å². The molecule has 0 aromatic rings. The molecular formula is C7H14N2O. The third kappa shape index (κ3) is 1.20. The molecule has 0 amide bonds. The quantitative estimate of drug-likeness (QED) is 0.542. The molecule has 2 unspecified atom stereocenters. The molecule has 1 aliphatic rings. The zero-order chi connectivity index (χ0) is 7.72. The minimum Gasteiger partial charge on any atom is -0.326 e. The highest BCUT2D eigenvalue weighted by molar-refractivity contribution is 5.82. The van der Waals surface area contributed by atoms with E-state index in [0.717, 1.165) is 13.0 Å². The maximum Gasteiger partial charge on any atom is 0.148 e. The van der Waals surface area contributed by atoms with Gasteiger partial charge < -0.3 is 5.73 Å². The Morgan fingerprint density at radius 1 is 1.70 bits per heavy atom. The van der Waals surface area contributed by atoms with E-state index >= 15 is 0 Å². The van der Waals surface area contributed by atoms with Crippen LogP contribution in [0.5, 0.6) is 0 Å². The summed E-state index contributed by atoms with van der Waals surface area (Å²) in [5.74, 6) is 0.188. The van der Waals surface area contributed by atoms with Gasteiger partial charge in [0.25, 0.3) is 0 Å². The van der Waals surface area contributed by atoms with E-state index in [1.54, 1.807) is 6.92 Å². The number of carbonyl (C=O) groups is 1. The van der Waals surface area contributed by atoms with Crippen LogP contribution in [0.3, 0.4) is 0 Å². The maximum absolute atomic E-state index is 10.9. The zero-order valence-corrected chi connectivity index (χ0v) is 6.50. The number of ketones is 1. The molecule has 0 saturated carbocycles. The molecule has 1 saturated heterocycles. The summed E-state index contributed by atoms with van der Waals surface area (Å²) in [5.41, 5.74) is 5.71. The number of nitrogens with two attached hydrogens (primary N) is 1. The maximum atomic E-state index is 10.9. The molecule has 0 bridgehead atoms. The highest BCUT2D eigenvalue weighted by atomic mass is 16.1. The number of nitrogens with zero attached hydrogens (tertiary/aromatic N) is 1. The Morgan fingerprint density at radius 2 is 2.30 bits per heavy atom. The minimum absolute atomic E-state index is 0.0278. The smallest absolute Gasteiger partial charge is 0.148 e. The molecule has 1 rings (SSSR count). The average Bonchev–Trinajstić information content (AvgIpc) is 2.11. The molecule has 1 aliphatic heterocycles. The van der Waals surface area contributed by atoms with E-state index in [0.29, 0.717) is 0 Å². The highest BCUT2D eigenvalue weighted by Gasteiger charge is 2.31. The van der Waals surface area contributed by atoms with Gasteiger partial charge in [0, 0.05) is 12.6 Å². The summed E-state index contributed by atoms with van der Waals surface area (Å²) in [6.45, 7) is 2.55. The van der Waals surface area contributed by atoms with Crippen molar-refractivity contribution in [2.24, 2.45) is 5.73 Å². The van der Waals surface area contributed by atoms with Crippen LogP contribution in [0.15, 0.2) is 0 Å². The molecule has 0 aromatic heterocycles. The van der Waals surface area contributed by atoms with Gasteiger partial charge in [-0.15, -0.1) is 0 Å². The molecule has 0 aliphatic carbocycles. The number of Topliss-reactive ketones (excluding diaryl/α,β-unsaturated/α-hetero) is 1. The van der Waals surface area contributed by atoms with E-state index < -0.39 is 0 Å². The van der Waals surface area contributed by atoms with Gasteiger partial charge in [-0.05, 0) is 20.4 Å². The lowest BCUT2D eigenvalue weighted by molar-refractivity contribution is -0.121. The van der Waals surface area contributed by atoms with E-state index in [9.17, 15) is 4.79 Å². The van der Waals surface area contributed by atoms with Crippen molar-refractivity contribution in [3.8, 4) is 0 Å². The van der Waals surface area contributed by atoms with Crippen LogP contribution in [0, 0.1) is 0 Å². The Balaban J connectivity index is 2.63. The lowest BCUT2D eigenvalue weighted by atomic mass is 10.1. The van der Waals surface area contributed by atoms with Gasteiger partial charge in [-0.25, -0.2) is 0 Å². The summed E-state index contributed by atoms with van der Waals surface area (Å²) in [6, 6.07) is 0.0301. The standard InChI is InChI=1S/C7H14N2O/c1-5(10)7-6(8)3-4-9(7)2/h6-7H,3-4,8H2,1-2H3. The first-order chi connectivity index (χ1) is 4.63. The molecule has 3 heteroatoms. The summed E-state index contributed by atoms with van der Waals surface area (Å²) >= 11 is 0. The molecule has 0 aromatic carbocycles. The van der Waals surface area contributed by atoms with Gasteiger partial charge in [-0.1, -0.05) is 0 Å². The van der Waals surface area contributed by atoms with Gasteiger partial charge in [-0.2, -0.15) is 0 Å². The van der Waals surface area contributed by atoms with E-state index in [1.165, 1.54) is 0 Å². The first-order valence-electron chi connectivity index (χ1n) is 3.59. The molecule has 58 valence electrons. The average molecular weight is 142 g/mol. The SMILES string of the molecule is CC(=O)C1C(N)CCN1C. The molecule has 0 spiro atoms. The second kappa shape index (κ2) is 2.68. The number of carbonyl (C=O) groups excluding carboxylic acids is 1. The third-order valence-corrected chi connectivity index (χ3v) is 2.11. The number of hydrogen-bond donors (Lipinski definition) is 1. The van der Waals surface area contributed by atoms with Crippen molar-refractivity contribution in [1.82, 2.24) is 4.90 Å². The van der Waals surface area contributed by atoms with Crippen LogP contribution in [-0.2, 0) is 4.79 Å². The van der Waals surface area contributed by atoms with E-state index in [4.69, 9.17) is 5.73 Å². The Bertz CT molecular complexity index is 137. The fourth-order valence-electron chi connectivity index (χ4n) is 1.59. The van der Waals surface area contributed by atoms with Gasteiger partial charge in [0.2, 0.25) is 0 Å². The van der Waals surface area contributed by atoms with Crippen molar-refractivity contribution < 1.29 is 4.79 Å². The van der Waals surface area contributed by atoms with Crippen LogP contribution in [0.1, 0.15) is 13.3 Å². The largest absolute Gasteiger partial charge is 0.326 e. The summed E-state index contributed by atoms with van der Waals surface area (Å²) in [6.07, 6.45) is 0.945. The number of likely N-dealkylation sites (N-methyl/N-ethyl adjacent to an activating group) is 1. The second-order valence-electron chi connectivity index (χ2n) is 2.99. The molecule has 0 radical (unpaired) electrons. The third-order valence-electron chi connectivity index (χ3n) is 2.11. The summed E-state index contributed by atoms with van der Waals surface area (Å²) in [7, 11) is 1.94. The Kier molecular flexibility index (Phi) is 2.06. The van der Waals surface area contributed by atoms with Crippen molar-refractivity contribution in [2.45, 2.75) is 25.4 Å². The van der Waals surface area contributed by atoms with Crippen molar-refractivity contribution in [3.63, 3.8) is 0 Å². The van der Waals surface area contributed by atoms with E-state index in [-0.39, 0.29) is 17.9 Å². The molecule has 1 heterocycles. The Hall–Kier alpha value is -0.410. The predicted octanol–water partition coefficient (Wildman–Crippen LogP) is -0.393. The van der Waals surface area contributed by atoms with E-state index in [1.807, 2.05) is 11.9 Å². The lowest BCUT2D eigenvalue weighted by Crippen LogP contribution is -2.42. The minimum atomic E-state index is -0.0278. The second-order valence-corrected chi connectivity index (χ2v) is 2.99. The molecule has 2 N–H and O–H groups in total. The highest BCUT2D eigenvalue weighted by Crippen LogP contribution is 2.13. The first-order valence-corrected chi connectivity index (χ1v) is 3.59. The van der Waals surface area contributed by atoms with Crippen LogP contribution in [-0.4, -0.2) is 36.4 Å². The molecule has 1 fully saturated rings. The lowest BCUT2D eigenvalue weighted by Gasteiger charge is -2.18. The van der Waals surface area contributed by atoms with Crippen LogP contribution in [0.25, 0.3) is 0 Å². The van der Waals surface area contributed by atoms with Gasteiger partial charge in [-0.3, -0.25) is 9.69 Å². The molecule has 2 atom stereocenters. The van der Waals surface area contributed by atoms with Crippen molar-refractivity contribution in [1.29, 1.82) is 0 Å². The monoisotopic (exact) mass is 142 g/mol. The summed E-state index contributed by atoms with van der Waals surface area (Å²) in [4.78, 5) is 13.0. The summed E-state index contributed by atoms with van der Waals surface area (Å²) in [5, 5.41) is 0. The Labute approximate surface area is 61.2 Å². The first kappa shape index (κ1) is 7.69. The van der Waals surface area contributed by atoms with Crippen molar-refractivity contribution in [2.75, 3.05) is 13.6 Å². The number of rotatable bonds is 1. The summed E-state index contributed by atoms with van der Waals surface area (Å²) < 4.78 is 0. The number of hydrogen-bond acceptors (Lipinski definition) is 3. The predicted molar refractivity (Wildman–Crippen MR) is 39.7 cm³/mol. The van der Waals surface area contributed by atoms with Gasteiger partial charge in [0.05, 0.1) is 6.04 Å². The Morgan fingerprint density at radius 3 is 2.50 bits per heavy atom. The molecule has 10 heavy (non-hydrogen) atoms. The van der Waals surface area contributed by atoms with Gasteiger partial charge >= 0.3 is 0 Å². The van der Waals surface area contributed by atoms with Crippen molar-refractivity contribution in [3.05, 3.63) is 0 Å². The topological polar surface area (TPSA) is 46.3 Å². The number of likely N-dealkylation sites (tertiary alicyclic amines) is 1. The molecular weight excluding hydrogens is 128 g/mol. The zero-order valence-electron chi connectivity index (χ0n) is 6.50. The van der Waals surface area contributed by atoms with Crippen LogP contribution in [0.2, 0.25) is 0 Å². The normalized spacial score (nSPS) is 34.7. The van der Waals surface area contributed by atoms with E-state index in [2.05, 4.69) is 0 Å².